The first-order valence-electron chi connectivity index (χ1n) is 7.92. The van der Waals surface area contributed by atoms with Gasteiger partial charge in [0.05, 0.1) is 11.0 Å². The van der Waals surface area contributed by atoms with Crippen LogP contribution >= 0.6 is 0 Å². The molecule has 0 aliphatic carbocycles. The summed E-state index contributed by atoms with van der Waals surface area (Å²) in [6.07, 6.45) is 3.61. The molecule has 0 atom stereocenters. The number of nitrogens with zero attached hydrogens (tertiary/aromatic N) is 2. The predicted octanol–water partition coefficient (Wildman–Crippen LogP) is 2.74. The minimum atomic E-state index is -0.552. The van der Waals surface area contributed by atoms with Gasteiger partial charge in [-0.15, -0.1) is 0 Å². The molecule has 6 heteroatoms. The van der Waals surface area contributed by atoms with Crippen LogP contribution in [0, 0.1) is 0 Å². The van der Waals surface area contributed by atoms with E-state index >= 15 is 0 Å². The molecule has 0 bridgehead atoms. The number of hydrogen-bond donors (Lipinski definition) is 3. The fourth-order valence-electron chi connectivity index (χ4n) is 2.56. The van der Waals surface area contributed by atoms with Crippen molar-refractivity contribution in [3.05, 3.63) is 65.5 Å². The minimum Gasteiger partial charge on any atom is -0.378 e. The lowest BCUT2D eigenvalue weighted by Crippen LogP contribution is -2.14. The largest absolute Gasteiger partial charge is 0.378 e. The van der Waals surface area contributed by atoms with E-state index in [1.165, 1.54) is 6.08 Å². The molecule has 0 spiro atoms. The first-order valence-corrected chi connectivity index (χ1v) is 7.92. The Bertz CT molecular complexity index is 911. The predicted molar refractivity (Wildman–Crippen MR) is 98.6 cm³/mol. The Hall–Kier alpha value is -3.12. The van der Waals surface area contributed by atoms with Crippen molar-refractivity contribution < 1.29 is 10.0 Å². The average Bonchev–Trinajstić information content (AvgIpc) is 3.02. The van der Waals surface area contributed by atoms with E-state index in [4.69, 9.17) is 5.21 Å². The average molecular weight is 336 g/mol. The summed E-state index contributed by atoms with van der Waals surface area (Å²) in [6, 6.07) is 14.0. The second-order valence-corrected chi connectivity index (χ2v) is 6.01. The number of nitrogens with one attached hydrogen (secondary N) is 2. The first kappa shape index (κ1) is 16.7. The second kappa shape index (κ2) is 7.19. The van der Waals surface area contributed by atoms with Crippen LogP contribution in [0.1, 0.15) is 17.0 Å². The SMILES string of the molecule is CN(C)c1ccc2nc(Cc3ccc(/C=C/C(=O)NO)cc3)[nH]c2c1. The van der Waals surface area contributed by atoms with Gasteiger partial charge in [0, 0.05) is 32.3 Å². The number of rotatable bonds is 5. The summed E-state index contributed by atoms with van der Waals surface area (Å²) in [4.78, 5) is 21.0. The molecule has 0 aliphatic heterocycles. The molecule has 2 aromatic carbocycles. The van der Waals surface area contributed by atoms with Gasteiger partial charge in [0.25, 0.3) is 5.91 Å². The highest BCUT2D eigenvalue weighted by molar-refractivity contribution is 5.90. The van der Waals surface area contributed by atoms with Gasteiger partial charge < -0.3 is 9.88 Å². The van der Waals surface area contributed by atoms with Gasteiger partial charge in [0.1, 0.15) is 5.82 Å². The molecular weight excluding hydrogens is 316 g/mol. The fourth-order valence-corrected chi connectivity index (χ4v) is 2.56. The number of imidazole rings is 1. The van der Waals surface area contributed by atoms with E-state index in [9.17, 15) is 4.79 Å². The van der Waals surface area contributed by atoms with Gasteiger partial charge in [0.15, 0.2) is 0 Å². The molecular formula is C19H20N4O2. The van der Waals surface area contributed by atoms with Crippen molar-refractivity contribution in [3.8, 4) is 0 Å². The minimum absolute atomic E-state index is 0.552. The van der Waals surface area contributed by atoms with Crippen LogP contribution in [0.25, 0.3) is 17.1 Å². The molecule has 1 heterocycles. The van der Waals surface area contributed by atoms with Crippen LogP contribution in [0.5, 0.6) is 0 Å². The van der Waals surface area contributed by atoms with Crippen molar-refractivity contribution in [3.63, 3.8) is 0 Å². The van der Waals surface area contributed by atoms with Gasteiger partial charge in [-0.2, -0.15) is 0 Å². The van der Waals surface area contributed by atoms with Gasteiger partial charge in [-0.25, -0.2) is 10.5 Å². The normalized spacial score (nSPS) is 11.2. The molecule has 1 aromatic heterocycles. The summed E-state index contributed by atoms with van der Waals surface area (Å²) >= 11 is 0. The van der Waals surface area contributed by atoms with Gasteiger partial charge in [-0.05, 0) is 35.4 Å². The van der Waals surface area contributed by atoms with Gasteiger partial charge in [-0.3, -0.25) is 10.0 Å². The van der Waals surface area contributed by atoms with E-state index in [1.807, 2.05) is 44.4 Å². The molecule has 0 unspecified atom stereocenters. The molecule has 0 aliphatic rings. The molecule has 3 aromatic rings. The summed E-state index contributed by atoms with van der Waals surface area (Å²) in [5, 5.41) is 8.46. The van der Waals surface area contributed by atoms with Crippen LogP contribution in [0.15, 0.2) is 48.5 Å². The van der Waals surface area contributed by atoms with Crippen LogP contribution in [-0.2, 0) is 11.2 Å². The molecule has 0 fully saturated rings. The molecule has 0 saturated heterocycles. The third-order valence-corrected chi connectivity index (χ3v) is 3.92. The standard InChI is InChI=1S/C19H20N4O2/c1-23(2)15-8-9-16-17(12-15)21-18(20-16)11-14-5-3-13(4-6-14)7-10-19(24)22-25/h3-10,12,25H,11H2,1-2H3,(H,20,21)(H,22,24)/b10-7+. The van der Waals surface area contributed by atoms with E-state index in [1.54, 1.807) is 11.6 Å². The maximum atomic E-state index is 11.0. The molecule has 25 heavy (non-hydrogen) atoms. The number of carbonyl (C=O) groups excluding carboxylic acids is 1. The lowest BCUT2D eigenvalue weighted by atomic mass is 10.1. The number of anilines is 1. The topological polar surface area (TPSA) is 81.2 Å². The smallest absolute Gasteiger partial charge is 0.267 e. The van der Waals surface area contributed by atoms with Gasteiger partial charge in [0.2, 0.25) is 0 Å². The van der Waals surface area contributed by atoms with Crippen molar-refractivity contribution in [2.45, 2.75) is 6.42 Å². The van der Waals surface area contributed by atoms with Gasteiger partial charge >= 0.3 is 0 Å². The number of fused-ring (bicyclic) bond motifs is 1. The number of aromatic amines is 1. The number of H-pyrrole nitrogens is 1. The van der Waals surface area contributed by atoms with Crippen molar-refractivity contribution in [1.29, 1.82) is 0 Å². The molecule has 0 saturated carbocycles. The van der Waals surface area contributed by atoms with Crippen LogP contribution < -0.4 is 10.4 Å². The first-order chi connectivity index (χ1) is 12.0. The van der Waals surface area contributed by atoms with Crippen molar-refractivity contribution >= 4 is 28.7 Å². The molecule has 128 valence electrons. The molecule has 6 nitrogen and oxygen atoms in total. The summed E-state index contributed by atoms with van der Waals surface area (Å²) < 4.78 is 0. The number of aromatic nitrogens is 2. The summed E-state index contributed by atoms with van der Waals surface area (Å²) in [7, 11) is 4.03. The Balaban J connectivity index is 1.74. The maximum Gasteiger partial charge on any atom is 0.267 e. The van der Waals surface area contributed by atoms with Gasteiger partial charge in [-0.1, -0.05) is 24.3 Å². The summed E-state index contributed by atoms with van der Waals surface area (Å²) in [6.45, 7) is 0. The van der Waals surface area contributed by atoms with E-state index in [2.05, 4.69) is 27.0 Å². The summed E-state index contributed by atoms with van der Waals surface area (Å²) in [5.74, 6) is 0.359. The zero-order chi connectivity index (χ0) is 17.8. The fraction of sp³-hybridized carbons (Fsp3) is 0.158. The number of amides is 1. The number of hydrogen-bond acceptors (Lipinski definition) is 4. The van der Waals surface area contributed by atoms with Crippen LogP contribution in [0.4, 0.5) is 5.69 Å². The second-order valence-electron chi connectivity index (χ2n) is 6.01. The monoisotopic (exact) mass is 336 g/mol. The van der Waals surface area contributed by atoms with Crippen LogP contribution in [-0.4, -0.2) is 35.2 Å². The zero-order valence-electron chi connectivity index (χ0n) is 14.2. The Morgan fingerprint density at radius 3 is 2.68 bits per heavy atom. The van der Waals surface area contributed by atoms with Crippen LogP contribution in [0.3, 0.4) is 0 Å². The highest BCUT2D eigenvalue weighted by Gasteiger charge is 2.06. The third kappa shape index (κ3) is 4.05. The Morgan fingerprint density at radius 2 is 2.00 bits per heavy atom. The summed E-state index contributed by atoms with van der Waals surface area (Å²) in [5.41, 5.74) is 6.67. The Labute approximate surface area is 145 Å². The number of hydroxylamine groups is 1. The third-order valence-electron chi connectivity index (χ3n) is 3.92. The number of carbonyl (C=O) groups is 1. The van der Waals surface area contributed by atoms with Crippen molar-refractivity contribution in [2.75, 3.05) is 19.0 Å². The lowest BCUT2D eigenvalue weighted by Gasteiger charge is -2.11. The van der Waals surface area contributed by atoms with Crippen LogP contribution in [0.2, 0.25) is 0 Å². The maximum absolute atomic E-state index is 11.0. The van der Waals surface area contributed by atoms with E-state index in [0.717, 1.165) is 33.7 Å². The van der Waals surface area contributed by atoms with E-state index in [-0.39, 0.29) is 0 Å². The highest BCUT2D eigenvalue weighted by Crippen LogP contribution is 2.20. The van der Waals surface area contributed by atoms with E-state index < -0.39 is 5.91 Å². The number of benzene rings is 2. The van der Waals surface area contributed by atoms with E-state index in [0.29, 0.717) is 6.42 Å². The quantitative estimate of drug-likeness (QED) is 0.380. The highest BCUT2D eigenvalue weighted by atomic mass is 16.5. The Kier molecular flexibility index (Phi) is 4.81. The zero-order valence-corrected chi connectivity index (χ0v) is 14.2. The molecule has 0 radical (unpaired) electrons. The molecule has 3 rings (SSSR count). The van der Waals surface area contributed by atoms with Crippen molar-refractivity contribution in [2.24, 2.45) is 0 Å². The Morgan fingerprint density at radius 1 is 1.24 bits per heavy atom. The van der Waals surface area contributed by atoms with Crippen molar-refractivity contribution in [1.82, 2.24) is 15.4 Å². The molecule has 1 amide bonds. The molecule has 3 N–H and O–H groups in total. The lowest BCUT2D eigenvalue weighted by molar-refractivity contribution is -0.124.